The number of anilines is 1. The van der Waals surface area contributed by atoms with Gasteiger partial charge in [-0.15, -0.1) is 0 Å². The lowest BCUT2D eigenvalue weighted by atomic mass is 10.1. The Morgan fingerprint density at radius 3 is 3.04 bits per heavy atom. The first-order valence-electron chi connectivity index (χ1n) is 7.99. The molecule has 2 aromatic rings. The molecule has 8 heteroatoms. The molecule has 0 radical (unpaired) electrons. The quantitative estimate of drug-likeness (QED) is 0.557. The number of fused-ring (bicyclic) bond motifs is 1. The van der Waals surface area contributed by atoms with Crippen LogP contribution < -0.4 is 25.8 Å². The summed E-state index contributed by atoms with van der Waals surface area (Å²) in [4.78, 5) is 19.5. The summed E-state index contributed by atoms with van der Waals surface area (Å²) in [6.07, 6.45) is 3.00. The predicted molar refractivity (Wildman–Crippen MR) is 96.1 cm³/mol. The normalized spacial score (nSPS) is 17.4. The van der Waals surface area contributed by atoms with Crippen molar-refractivity contribution < 1.29 is 14.3 Å². The summed E-state index contributed by atoms with van der Waals surface area (Å²) < 4.78 is 11.3. The zero-order valence-electron chi connectivity index (χ0n) is 14.2. The second kappa shape index (κ2) is 7.25. The molecule has 1 unspecified atom stereocenters. The predicted octanol–water partition coefficient (Wildman–Crippen LogP) is 1.26. The molecule has 1 aromatic heterocycles. The highest BCUT2D eigenvalue weighted by molar-refractivity contribution is 5.98. The number of methoxy groups -OCH3 is 1. The number of guanidine groups is 1. The van der Waals surface area contributed by atoms with Crippen LogP contribution in [-0.2, 0) is 4.79 Å². The minimum atomic E-state index is 0.0213. The zero-order valence-corrected chi connectivity index (χ0v) is 14.2. The fourth-order valence-electron chi connectivity index (χ4n) is 2.73. The lowest BCUT2D eigenvalue weighted by molar-refractivity contribution is -0.119. The van der Waals surface area contributed by atoms with Gasteiger partial charge in [-0.05, 0) is 30.0 Å². The molecule has 1 saturated heterocycles. The zero-order chi connectivity index (χ0) is 17.8. The number of amides is 1. The van der Waals surface area contributed by atoms with Crippen LogP contribution in [-0.4, -0.2) is 43.7 Å². The van der Waals surface area contributed by atoms with E-state index in [1.54, 1.807) is 20.4 Å². The number of carbonyl (C=O) groups is 1. The summed E-state index contributed by atoms with van der Waals surface area (Å²) in [6.45, 7) is 0.385. The Hall–Kier alpha value is -3.03. The topological polar surface area (TPSA) is 111 Å². The van der Waals surface area contributed by atoms with Crippen molar-refractivity contribution in [3.8, 4) is 11.6 Å². The van der Waals surface area contributed by atoms with Crippen molar-refractivity contribution in [2.24, 2.45) is 10.7 Å². The highest BCUT2D eigenvalue weighted by Crippen LogP contribution is 2.34. The van der Waals surface area contributed by atoms with Crippen LogP contribution in [0.5, 0.6) is 11.6 Å². The van der Waals surface area contributed by atoms with Gasteiger partial charge >= 0.3 is 0 Å². The van der Waals surface area contributed by atoms with E-state index in [4.69, 9.17) is 15.2 Å². The summed E-state index contributed by atoms with van der Waals surface area (Å²) in [5, 5.41) is 7.62. The Morgan fingerprint density at radius 1 is 1.52 bits per heavy atom. The minimum Gasteiger partial charge on any atom is -0.495 e. The highest BCUT2D eigenvalue weighted by Gasteiger charge is 2.21. The number of aliphatic imine (C=N–C) groups is 1. The molecule has 4 N–H and O–H groups in total. The number of carbonyl (C=O) groups excluding carboxylic acids is 1. The molecule has 0 aliphatic carbocycles. The molecule has 8 nitrogen and oxygen atoms in total. The standard InChI is InChI=1S/C17H21N5O3/c1-19-17(18)22-13-7-10-5-6-20-16(12(10)8-14(13)24-2)25-9-11-3-4-15(23)21-11/h5-8,11H,3-4,9H2,1-2H3,(H,21,23)(H3,18,19,22). The van der Waals surface area contributed by atoms with E-state index in [9.17, 15) is 4.79 Å². The molecule has 0 bridgehead atoms. The molecule has 1 aromatic carbocycles. The molecule has 2 heterocycles. The maximum absolute atomic E-state index is 11.3. The number of hydrogen-bond acceptors (Lipinski definition) is 5. The second-order valence-electron chi connectivity index (χ2n) is 5.74. The van der Waals surface area contributed by atoms with Crippen LogP contribution in [0.1, 0.15) is 12.8 Å². The molecular weight excluding hydrogens is 322 g/mol. The average Bonchev–Trinajstić information content (AvgIpc) is 3.04. The van der Waals surface area contributed by atoms with E-state index in [2.05, 4.69) is 20.6 Å². The molecular formula is C17H21N5O3. The molecule has 1 aliphatic heterocycles. The lowest BCUT2D eigenvalue weighted by Crippen LogP contribution is -2.31. The monoisotopic (exact) mass is 343 g/mol. The lowest BCUT2D eigenvalue weighted by Gasteiger charge is -2.15. The van der Waals surface area contributed by atoms with Gasteiger partial charge in [0, 0.05) is 25.1 Å². The summed E-state index contributed by atoms with van der Waals surface area (Å²) in [5.41, 5.74) is 6.45. The molecule has 0 spiro atoms. The average molecular weight is 343 g/mol. The number of nitrogens with two attached hydrogens (primary N) is 1. The van der Waals surface area contributed by atoms with Gasteiger partial charge in [-0.2, -0.15) is 0 Å². The van der Waals surface area contributed by atoms with E-state index in [0.29, 0.717) is 36.3 Å². The molecule has 1 aliphatic rings. The van der Waals surface area contributed by atoms with Crippen molar-refractivity contribution in [3.05, 3.63) is 24.4 Å². The SMILES string of the molecule is CN=C(N)Nc1cc2ccnc(OCC3CCC(=O)N3)c2cc1OC. The van der Waals surface area contributed by atoms with E-state index >= 15 is 0 Å². The van der Waals surface area contributed by atoms with Gasteiger partial charge < -0.3 is 25.8 Å². The Labute approximate surface area is 145 Å². The Balaban J connectivity index is 1.88. The number of ether oxygens (including phenoxy) is 2. The number of rotatable bonds is 5. The van der Waals surface area contributed by atoms with E-state index in [-0.39, 0.29) is 11.9 Å². The largest absolute Gasteiger partial charge is 0.495 e. The minimum absolute atomic E-state index is 0.0213. The number of nitrogens with zero attached hydrogens (tertiary/aromatic N) is 2. The summed E-state index contributed by atoms with van der Waals surface area (Å²) in [7, 11) is 3.18. The maximum atomic E-state index is 11.3. The second-order valence-corrected chi connectivity index (χ2v) is 5.74. The third-order valence-electron chi connectivity index (χ3n) is 4.06. The summed E-state index contributed by atoms with van der Waals surface area (Å²) >= 11 is 0. The molecule has 25 heavy (non-hydrogen) atoms. The van der Waals surface area contributed by atoms with Crippen molar-refractivity contribution in [1.82, 2.24) is 10.3 Å². The van der Waals surface area contributed by atoms with Crippen molar-refractivity contribution in [2.45, 2.75) is 18.9 Å². The number of benzene rings is 1. The molecule has 1 amide bonds. The van der Waals surface area contributed by atoms with Gasteiger partial charge in [-0.1, -0.05) is 0 Å². The van der Waals surface area contributed by atoms with Gasteiger partial charge in [0.1, 0.15) is 12.4 Å². The van der Waals surface area contributed by atoms with Crippen LogP contribution in [0.4, 0.5) is 5.69 Å². The summed E-state index contributed by atoms with van der Waals surface area (Å²) in [5.74, 6) is 1.46. The Kier molecular flexibility index (Phi) is 4.87. The van der Waals surface area contributed by atoms with Crippen molar-refractivity contribution in [2.75, 3.05) is 26.1 Å². The third kappa shape index (κ3) is 3.73. The summed E-state index contributed by atoms with van der Waals surface area (Å²) in [6, 6.07) is 5.64. The molecule has 3 rings (SSSR count). The Morgan fingerprint density at radius 2 is 2.36 bits per heavy atom. The van der Waals surface area contributed by atoms with Gasteiger partial charge in [-0.25, -0.2) is 4.98 Å². The Bertz CT molecular complexity index is 821. The van der Waals surface area contributed by atoms with Gasteiger partial charge in [0.2, 0.25) is 11.8 Å². The van der Waals surface area contributed by atoms with E-state index < -0.39 is 0 Å². The fourth-order valence-corrected chi connectivity index (χ4v) is 2.73. The maximum Gasteiger partial charge on any atom is 0.221 e. The number of pyridine rings is 1. The van der Waals surface area contributed by atoms with E-state index in [1.807, 2.05) is 18.2 Å². The van der Waals surface area contributed by atoms with Crippen molar-refractivity contribution in [3.63, 3.8) is 0 Å². The number of hydrogen-bond donors (Lipinski definition) is 3. The van der Waals surface area contributed by atoms with Gasteiger partial charge in [0.15, 0.2) is 5.96 Å². The fraction of sp³-hybridized carbons (Fsp3) is 0.353. The van der Waals surface area contributed by atoms with E-state index in [0.717, 1.165) is 17.2 Å². The van der Waals surface area contributed by atoms with Crippen molar-refractivity contribution >= 4 is 28.3 Å². The van der Waals surface area contributed by atoms with Crippen LogP contribution in [0.15, 0.2) is 29.4 Å². The smallest absolute Gasteiger partial charge is 0.221 e. The van der Waals surface area contributed by atoms with Crippen molar-refractivity contribution in [1.29, 1.82) is 0 Å². The number of nitrogens with one attached hydrogen (secondary N) is 2. The van der Waals surface area contributed by atoms with Crippen LogP contribution in [0.3, 0.4) is 0 Å². The first kappa shape index (κ1) is 16.8. The first-order chi connectivity index (χ1) is 12.1. The highest BCUT2D eigenvalue weighted by atomic mass is 16.5. The molecule has 1 atom stereocenters. The molecule has 132 valence electrons. The first-order valence-corrected chi connectivity index (χ1v) is 7.99. The van der Waals surface area contributed by atoms with Gasteiger partial charge in [-0.3, -0.25) is 9.79 Å². The molecule has 1 fully saturated rings. The van der Waals surface area contributed by atoms with Crippen LogP contribution >= 0.6 is 0 Å². The van der Waals surface area contributed by atoms with Crippen LogP contribution in [0.2, 0.25) is 0 Å². The van der Waals surface area contributed by atoms with Gasteiger partial charge in [0.25, 0.3) is 0 Å². The van der Waals surface area contributed by atoms with Crippen LogP contribution in [0.25, 0.3) is 10.8 Å². The van der Waals surface area contributed by atoms with E-state index in [1.165, 1.54) is 0 Å². The van der Waals surface area contributed by atoms with Gasteiger partial charge in [0.05, 0.1) is 18.8 Å². The third-order valence-corrected chi connectivity index (χ3v) is 4.06. The number of aromatic nitrogens is 1. The molecule has 0 saturated carbocycles. The van der Waals surface area contributed by atoms with Crippen LogP contribution in [0, 0.1) is 0 Å².